The quantitative estimate of drug-likeness (QED) is 0.636. The molecule has 2 rings (SSSR count). The fourth-order valence-electron chi connectivity index (χ4n) is 2.78. The van der Waals surface area contributed by atoms with Gasteiger partial charge in [-0.25, -0.2) is 0 Å². The molecule has 0 heterocycles. The number of hydrogen-bond acceptors (Lipinski definition) is 3. The predicted octanol–water partition coefficient (Wildman–Crippen LogP) is 4.25. The number of carbonyl (C=O) groups excluding carboxylic acids is 2. The summed E-state index contributed by atoms with van der Waals surface area (Å²) >= 11 is 0. The van der Waals surface area contributed by atoms with Crippen molar-refractivity contribution in [3.8, 4) is 0 Å². The largest absolute Gasteiger partial charge is 0.481 e. The third-order valence-corrected chi connectivity index (χ3v) is 4.17. The van der Waals surface area contributed by atoms with Crippen LogP contribution in [0.5, 0.6) is 0 Å². The van der Waals surface area contributed by atoms with E-state index in [1.54, 1.807) is 36.4 Å². The van der Waals surface area contributed by atoms with Crippen molar-refractivity contribution < 1.29 is 19.5 Å². The van der Waals surface area contributed by atoms with Crippen molar-refractivity contribution in [1.29, 1.82) is 0 Å². The topological polar surface area (TPSA) is 95.5 Å². The van der Waals surface area contributed by atoms with Crippen molar-refractivity contribution in [2.45, 2.75) is 40.0 Å². The zero-order chi connectivity index (χ0) is 20.7. The van der Waals surface area contributed by atoms with Crippen LogP contribution in [0.25, 0.3) is 0 Å². The van der Waals surface area contributed by atoms with E-state index in [1.165, 1.54) is 0 Å². The highest BCUT2D eigenvalue weighted by atomic mass is 16.4. The summed E-state index contributed by atoms with van der Waals surface area (Å²) in [6.07, 6.45) is 0.892. The maximum atomic E-state index is 12.5. The molecule has 0 aliphatic rings. The summed E-state index contributed by atoms with van der Waals surface area (Å²) in [5.41, 5.74) is 3.44. The summed E-state index contributed by atoms with van der Waals surface area (Å²) in [6.45, 7) is 5.81. The second kappa shape index (κ2) is 9.69. The lowest BCUT2D eigenvalue weighted by molar-refractivity contribution is -0.137. The van der Waals surface area contributed by atoms with Crippen LogP contribution in [0, 0.1) is 12.8 Å². The average Bonchev–Trinajstić information content (AvgIpc) is 2.61. The molecule has 0 aliphatic carbocycles. The first-order valence-corrected chi connectivity index (χ1v) is 9.27. The first-order valence-electron chi connectivity index (χ1n) is 9.27. The minimum absolute atomic E-state index is 0.0422. The number of aliphatic carboxylic acids is 1. The molecule has 148 valence electrons. The zero-order valence-corrected chi connectivity index (χ0v) is 16.4. The third-order valence-electron chi connectivity index (χ3n) is 4.17. The highest BCUT2D eigenvalue weighted by Gasteiger charge is 2.11. The minimum Gasteiger partial charge on any atom is -0.481 e. The Morgan fingerprint density at radius 1 is 1.04 bits per heavy atom. The summed E-state index contributed by atoms with van der Waals surface area (Å²) in [4.78, 5) is 35.2. The number of rotatable bonds is 8. The molecule has 2 aromatic carbocycles. The van der Waals surface area contributed by atoms with Gasteiger partial charge in [-0.15, -0.1) is 0 Å². The molecule has 0 spiro atoms. The molecule has 28 heavy (non-hydrogen) atoms. The number of carboxylic acids is 1. The molecular formula is C22H26N2O4. The maximum absolute atomic E-state index is 12.5. The Morgan fingerprint density at radius 3 is 2.43 bits per heavy atom. The monoisotopic (exact) mass is 382 g/mol. The van der Waals surface area contributed by atoms with Crippen LogP contribution in [0.2, 0.25) is 0 Å². The molecule has 0 bridgehead atoms. The van der Waals surface area contributed by atoms with Gasteiger partial charge in [-0.2, -0.15) is 0 Å². The number of amides is 2. The molecule has 0 aliphatic heterocycles. The molecule has 6 heteroatoms. The summed E-state index contributed by atoms with van der Waals surface area (Å²) in [5, 5.41) is 14.5. The van der Waals surface area contributed by atoms with Crippen LogP contribution in [-0.4, -0.2) is 22.9 Å². The molecule has 0 radical (unpaired) electrons. The van der Waals surface area contributed by atoms with Gasteiger partial charge >= 0.3 is 5.97 Å². The van der Waals surface area contributed by atoms with E-state index in [9.17, 15) is 14.4 Å². The minimum atomic E-state index is -0.856. The van der Waals surface area contributed by atoms with Gasteiger partial charge in [0, 0.05) is 29.8 Å². The van der Waals surface area contributed by atoms with Crippen LogP contribution in [0.3, 0.4) is 0 Å². The zero-order valence-electron chi connectivity index (χ0n) is 16.4. The van der Waals surface area contributed by atoms with E-state index in [-0.39, 0.29) is 24.2 Å². The van der Waals surface area contributed by atoms with Crippen LogP contribution in [0.15, 0.2) is 42.5 Å². The summed E-state index contributed by atoms with van der Waals surface area (Å²) in [6, 6.07) is 12.3. The van der Waals surface area contributed by atoms with Crippen molar-refractivity contribution in [3.63, 3.8) is 0 Å². The maximum Gasteiger partial charge on any atom is 0.303 e. The number of carbonyl (C=O) groups is 3. The van der Waals surface area contributed by atoms with E-state index in [1.807, 2.05) is 26.8 Å². The van der Waals surface area contributed by atoms with E-state index in [2.05, 4.69) is 10.6 Å². The van der Waals surface area contributed by atoms with Crippen LogP contribution < -0.4 is 10.6 Å². The normalized spacial score (nSPS) is 10.6. The molecule has 0 unspecified atom stereocenters. The molecule has 3 N–H and O–H groups in total. The Morgan fingerprint density at radius 2 is 1.79 bits per heavy atom. The van der Waals surface area contributed by atoms with Crippen molar-refractivity contribution in [3.05, 3.63) is 59.2 Å². The van der Waals surface area contributed by atoms with Gasteiger partial charge in [-0.1, -0.05) is 26.0 Å². The standard InChI is InChI=1S/C22H26N2O4/c1-14(2)11-20(25)24-19-9-8-17(12-15(19)3)22(28)23-18-6-4-5-16(13-18)7-10-21(26)27/h4-6,8-9,12-14H,7,10-11H2,1-3H3,(H,23,28)(H,24,25)(H,26,27). The van der Waals surface area contributed by atoms with Crippen LogP contribution in [0.1, 0.15) is 48.2 Å². The van der Waals surface area contributed by atoms with E-state index < -0.39 is 5.97 Å². The number of benzene rings is 2. The van der Waals surface area contributed by atoms with Gasteiger partial charge in [0.05, 0.1) is 0 Å². The average molecular weight is 382 g/mol. The third kappa shape index (κ3) is 6.54. The first-order chi connectivity index (χ1) is 13.2. The fraction of sp³-hybridized carbons (Fsp3) is 0.318. The van der Waals surface area contributed by atoms with Gasteiger partial charge in [0.25, 0.3) is 5.91 Å². The van der Waals surface area contributed by atoms with Crippen LogP contribution >= 0.6 is 0 Å². The Hall–Kier alpha value is -3.15. The second-order valence-electron chi connectivity index (χ2n) is 7.22. The summed E-state index contributed by atoms with van der Waals surface area (Å²) in [5.74, 6) is -0.894. The van der Waals surface area contributed by atoms with Crippen molar-refractivity contribution in [2.24, 2.45) is 5.92 Å². The highest BCUT2D eigenvalue weighted by Crippen LogP contribution is 2.19. The number of carboxylic acid groups (broad SMARTS) is 1. The molecule has 0 saturated heterocycles. The van der Waals surface area contributed by atoms with Crippen molar-refractivity contribution in [1.82, 2.24) is 0 Å². The predicted molar refractivity (Wildman–Crippen MR) is 110 cm³/mol. The molecule has 0 fully saturated rings. The molecule has 2 aromatic rings. The van der Waals surface area contributed by atoms with Gasteiger partial charge in [-0.3, -0.25) is 14.4 Å². The van der Waals surface area contributed by atoms with Gasteiger partial charge in [-0.05, 0) is 60.7 Å². The molecular weight excluding hydrogens is 356 g/mol. The number of aryl methyl sites for hydroxylation is 2. The van der Waals surface area contributed by atoms with Crippen LogP contribution in [0.4, 0.5) is 11.4 Å². The van der Waals surface area contributed by atoms with Gasteiger partial charge in [0.1, 0.15) is 0 Å². The van der Waals surface area contributed by atoms with E-state index in [0.717, 1.165) is 11.1 Å². The lowest BCUT2D eigenvalue weighted by Gasteiger charge is -2.12. The Bertz CT molecular complexity index is 875. The highest BCUT2D eigenvalue weighted by molar-refractivity contribution is 6.05. The van der Waals surface area contributed by atoms with Crippen LogP contribution in [-0.2, 0) is 16.0 Å². The number of hydrogen-bond donors (Lipinski definition) is 3. The lowest BCUT2D eigenvalue weighted by Crippen LogP contribution is -2.16. The number of anilines is 2. The molecule has 6 nitrogen and oxygen atoms in total. The van der Waals surface area contributed by atoms with Gasteiger partial charge in [0.2, 0.25) is 5.91 Å². The van der Waals surface area contributed by atoms with E-state index >= 15 is 0 Å². The Balaban J connectivity index is 2.04. The Labute approximate surface area is 165 Å². The fourth-order valence-corrected chi connectivity index (χ4v) is 2.78. The smallest absolute Gasteiger partial charge is 0.303 e. The molecule has 0 aromatic heterocycles. The number of nitrogens with one attached hydrogen (secondary N) is 2. The van der Waals surface area contributed by atoms with Gasteiger partial charge < -0.3 is 15.7 Å². The summed E-state index contributed by atoms with van der Waals surface area (Å²) in [7, 11) is 0. The second-order valence-corrected chi connectivity index (χ2v) is 7.22. The Kier molecular flexibility index (Phi) is 7.32. The lowest BCUT2D eigenvalue weighted by atomic mass is 10.1. The SMILES string of the molecule is Cc1cc(C(=O)Nc2cccc(CCC(=O)O)c2)ccc1NC(=O)CC(C)C. The van der Waals surface area contributed by atoms with Crippen molar-refractivity contribution in [2.75, 3.05) is 10.6 Å². The first kappa shape index (κ1) is 21.2. The molecule has 0 atom stereocenters. The molecule has 0 saturated carbocycles. The molecule has 2 amide bonds. The van der Waals surface area contributed by atoms with E-state index in [0.29, 0.717) is 29.8 Å². The van der Waals surface area contributed by atoms with Crippen molar-refractivity contribution >= 4 is 29.2 Å². The van der Waals surface area contributed by atoms with Gasteiger partial charge in [0.15, 0.2) is 0 Å². The van der Waals surface area contributed by atoms with E-state index in [4.69, 9.17) is 5.11 Å². The summed E-state index contributed by atoms with van der Waals surface area (Å²) < 4.78 is 0.